The smallest absolute Gasteiger partial charge is 0.333 e. The van der Waals surface area contributed by atoms with Crippen LogP contribution in [0, 0.1) is 60.0 Å². The number of nitriles is 2. The Hall–Kier alpha value is -8.70. The lowest BCUT2D eigenvalue weighted by molar-refractivity contribution is -0.146. The van der Waals surface area contributed by atoms with Crippen molar-refractivity contribution >= 4 is 55.0 Å². The van der Waals surface area contributed by atoms with Crippen molar-refractivity contribution < 1.29 is 42.4 Å². The Balaban J connectivity index is 0.000000231. The fourth-order valence-corrected chi connectivity index (χ4v) is 11.0. The molecule has 0 unspecified atom stereocenters. The Morgan fingerprint density at radius 2 is 1.04 bits per heavy atom. The summed E-state index contributed by atoms with van der Waals surface area (Å²) in [6, 6.07) is 11.9. The molecule has 1 amide bonds. The predicted molar refractivity (Wildman–Crippen MR) is 288 cm³/mol. The van der Waals surface area contributed by atoms with Gasteiger partial charge in [-0.3, -0.25) is 23.5 Å². The van der Waals surface area contributed by atoms with Crippen LogP contribution in [0.3, 0.4) is 0 Å². The molecule has 0 aliphatic carbocycles. The number of primary amides is 1. The van der Waals surface area contributed by atoms with Crippen molar-refractivity contribution in [1.82, 2.24) is 48.3 Å². The van der Waals surface area contributed by atoms with Crippen LogP contribution in [0.1, 0.15) is 76.0 Å². The Bertz CT molecular complexity index is 3720. The fraction of sp³-hybridized carbons (Fsp3) is 0.385. The third kappa shape index (κ3) is 11.3. The number of ether oxygens (including phenoxy) is 4. The number of nitrogens with zero attached hydrogens (tertiary/aromatic N) is 12. The second-order valence-electron chi connectivity index (χ2n) is 19.4. The zero-order chi connectivity index (χ0) is 58.7. The quantitative estimate of drug-likeness (QED) is 0.0965. The highest BCUT2D eigenvalue weighted by Crippen LogP contribution is 2.37. The molecule has 4 atom stereocenters. The molecule has 0 saturated carbocycles. The van der Waals surface area contributed by atoms with Gasteiger partial charge in [-0.25, -0.2) is 32.3 Å². The topological polar surface area (TPSA) is 314 Å². The van der Waals surface area contributed by atoms with E-state index in [4.69, 9.17) is 24.7 Å². The number of amides is 1. The van der Waals surface area contributed by atoms with E-state index in [1.165, 1.54) is 122 Å². The molecule has 8 rings (SSSR count). The number of carboxylic acid groups (broad SMARTS) is 1. The molecule has 0 aliphatic rings. The highest BCUT2D eigenvalue weighted by atomic mass is 32.1. The van der Waals surface area contributed by atoms with E-state index in [1.54, 1.807) is 27.7 Å². The maximum atomic E-state index is 14.4. The second kappa shape index (κ2) is 23.7. The molecule has 24 nitrogen and oxygen atoms in total. The zero-order valence-electron chi connectivity index (χ0n) is 45.0. The fourth-order valence-electron chi connectivity index (χ4n) is 8.53. The van der Waals surface area contributed by atoms with E-state index in [2.05, 4.69) is 32.5 Å². The third-order valence-electron chi connectivity index (χ3n) is 13.1. The molecule has 0 fully saturated rings. The van der Waals surface area contributed by atoms with Gasteiger partial charge in [0.25, 0.3) is 11.1 Å². The molecule has 0 aliphatic heterocycles. The number of benzene rings is 2. The lowest BCUT2D eigenvalue weighted by atomic mass is 10.0. The number of thiophene rings is 2. The van der Waals surface area contributed by atoms with Gasteiger partial charge >= 0.3 is 17.3 Å². The maximum Gasteiger partial charge on any atom is 0.333 e. The van der Waals surface area contributed by atoms with Gasteiger partial charge in [-0.1, -0.05) is 22.7 Å². The number of nitrogens with two attached hydrogens (primary N) is 1. The van der Waals surface area contributed by atoms with Gasteiger partial charge in [-0.05, 0) is 91.8 Å². The number of carboxylic acids is 1. The van der Waals surface area contributed by atoms with Gasteiger partial charge < -0.3 is 29.8 Å². The van der Waals surface area contributed by atoms with Crippen LogP contribution in [-0.2, 0) is 43.2 Å². The number of aromatic nitrogens is 10. The first-order valence-electron chi connectivity index (χ1n) is 24.4. The van der Waals surface area contributed by atoms with Crippen molar-refractivity contribution in [3.05, 3.63) is 137 Å². The van der Waals surface area contributed by atoms with Crippen LogP contribution < -0.4 is 37.7 Å². The molecular formula is C52H55F2N13O11S2. The van der Waals surface area contributed by atoms with E-state index < -0.39 is 81.1 Å². The zero-order valence-corrected chi connectivity index (χ0v) is 46.6. The Labute approximate surface area is 461 Å². The molecule has 0 bridgehead atoms. The van der Waals surface area contributed by atoms with Crippen molar-refractivity contribution in [2.24, 2.45) is 17.6 Å². The van der Waals surface area contributed by atoms with Gasteiger partial charge in [0.2, 0.25) is 5.91 Å². The van der Waals surface area contributed by atoms with Gasteiger partial charge in [0.1, 0.15) is 66.1 Å². The van der Waals surface area contributed by atoms with E-state index in [0.717, 1.165) is 27.2 Å². The standard InChI is InChI=1S/C26H28FN7O5S.C26H27FN6O6S/c1-14(11-28)13-39-19(17-10-16(27)6-7-18(17)38-5)12-32-23-20(15(2)22(40-23)34-30-8-9-31-34)21(35)33(25(32)37)26(3,4)24(29)36;1-14(11-28)13-39-19(17-10-16(27)6-7-18(17)38-5)12-31-23-20(15(2)22(40-23)33-29-8-9-30-33)21(34)32(25(31)37)26(3,4)24(35)36/h6-10,14,19H,12-13H2,1-5H3,(H2,29,36);6-10,14,19H,12-13H2,1-5H3,(H,35,36)/t2*14-,19+/m11/s1. The largest absolute Gasteiger partial charge is 0.496 e. The van der Waals surface area contributed by atoms with Crippen molar-refractivity contribution in [1.29, 1.82) is 10.5 Å². The number of rotatable bonds is 20. The SMILES string of the molecule is COc1ccc(F)cc1[C@H](Cn1c(=O)n(C(C)(C)C(=O)O)c(=O)c2c(C)c(-n3nccn3)sc21)OC[C@H](C)C#N.COc1ccc(F)cc1[C@H](Cn1c(=O)n(C(C)(C)C(N)=O)c(=O)c2c(C)c(-n3nccn3)sc21)OC[C@H](C)C#N. The van der Waals surface area contributed by atoms with Crippen LogP contribution >= 0.6 is 22.7 Å². The van der Waals surface area contributed by atoms with Crippen molar-refractivity contribution in [3.8, 4) is 33.6 Å². The van der Waals surface area contributed by atoms with E-state index >= 15 is 0 Å². The Kier molecular flexibility index (Phi) is 17.5. The van der Waals surface area contributed by atoms with Gasteiger partial charge in [0, 0.05) is 22.3 Å². The normalized spacial score (nSPS) is 13.2. The monoisotopic (exact) mass is 1140 g/mol. The van der Waals surface area contributed by atoms with Crippen LogP contribution in [-0.4, -0.2) is 92.7 Å². The third-order valence-corrected chi connectivity index (χ3v) is 15.7. The Morgan fingerprint density at radius 3 is 1.36 bits per heavy atom. The molecule has 80 heavy (non-hydrogen) atoms. The summed E-state index contributed by atoms with van der Waals surface area (Å²) in [7, 11) is 2.81. The number of hydrogen-bond donors (Lipinski definition) is 2. The van der Waals surface area contributed by atoms with E-state index in [-0.39, 0.29) is 58.0 Å². The highest BCUT2D eigenvalue weighted by molar-refractivity contribution is 7.21. The van der Waals surface area contributed by atoms with Crippen molar-refractivity contribution in [2.45, 2.75) is 91.8 Å². The summed E-state index contributed by atoms with van der Waals surface area (Å²) in [6.07, 6.45) is 3.86. The lowest BCUT2D eigenvalue weighted by Gasteiger charge is -2.26. The summed E-state index contributed by atoms with van der Waals surface area (Å²) in [5, 5.41) is 46.3. The average Bonchev–Trinajstić information content (AvgIpc) is 4.27. The molecule has 0 radical (unpaired) electrons. The maximum absolute atomic E-state index is 14.4. The van der Waals surface area contributed by atoms with Crippen LogP contribution in [0.4, 0.5) is 8.78 Å². The number of halogens is 2. The molecule has 3 N–H and O–H groups in total. The number of carbonyl (C=O) groups is 2. The lowest BCUT2D eigenvalue weighted by Crippen LogP contribution is -2.54. The number of carbonyl (C=O) groups excluding carboxylic acids is 1. The summed E-state index contributed by atoms with van der Waals surface area (Å²) < 4.78 is 55.8. The second-order valence-corrected chi connectivity index (χ2v) is 21.3. The van der Waals surface area contributed by atoms with Crippen LogP contribution in [0.25, 0.3) is 30.4 Å². The number of aliphatic carboxylic acids is 1. The summed E-state index contributed by atoms with van der Waals surface area (Å²) in [6.45, 7) is 11.4. The first-order valence-corrected chi connectivity index (χ1v) is 26.0. The van der Waals surface area contributed by atoms with Crippen LogP contribution in [0.5, 0.6) is 11.5 Å². The summed E-state index contributed by atoms with van der Waals surface area (Å²) in [5.41, 5.74) is 0.309. The molecular weight excluding hydrogens is 1080 g/mol. The first kappa shape index (κ1) is 59.0. The minimum atomic E-state index is -1.91. The van der Waals surface area contributed by atoms with Crippen molar-refractivity contribution in [3.63, 3.8) is 0 Å². The minimum absolute atomic E-state index is 0.0307. The number of fused-ring (bicyclic) bond motifs is 2. The van der Waals surface area contributed by atoms with E-state index in [9.17, 15) is 53.2 Å². The number of hydrogen-bond acceptors (Lipinski definition) is 18. The minimum Gasteiger partial charge on any atom is -0.496 e. The number of methoxy groups -OCH3 is 2. The van der Waals surface area contributed by atoms with Crippen LogP contribution in [0.15, 0.2) is 80.4 Å². The van der Waals surface area contributed by atoms with E-state index in [1.807, 2.05) is 0 Å². The summed E-state index contributed by atoms with van der Waals surface area (Å²) in [4.78, 5) is 83.2. The van der Waals surface area contributed by atoms with Crippen molar-refractivity contribution in [2.75, 3.05) is 27.4 Å². The molecule has 6 heterocycles. The predicted octanol–water partition coefficient (Wildman–Crippen LogP) is 5.40. The van der Waals surface area contributed by atoms with Gasteiger partial charge in [-0.15, -0.1) is 9.59 Å². The molecule has 420 valence electrons. The van der Waals surface area contributed by atoms with E-state index in [0.29, 0.717) is 37.0 Å². The van der Waals surface area contributed by atoms with Crippen LogP contribution in [0.2, 0.25) is 0 Å². The van der Waals surface area contributed by atoms with Gasteiger partial charge in [0.15, 0.2) is 0 Å². The number of aryl methyl sites for hydroxylation is 2. The highest BCUT2D eigenvalue weighted by Gasteiger charge is 2.38. The first-order chi connectivity index (χ1) is 37.8. The molecule has 0 saturated heterocycles. The molecule has 0 spiro atoms. The van der Waals surface area contributed by atoms with Gasteiger partial charge in [-0.2, -0.15) is 30.9 Å². The van der Waals surface area contributed by atoms with Gasteiger partial charge in [0.05, 0.1) is 100 Å². The summed E-state index contributed by atoms with van der Waals surface area (Å²) in [5.74, 6) is -3.87. The Morgan fingerprint density at radius 1 is 0.675 bits per heavy atom. The summed E-state index contributed by atoms with van der Waals surface area (Å²) >= 11 is 2.17. The molecule has 8 aromatic rings. The molecule has 6 aromatic heterocycles. The molecule has 2 aromatic carbocycles. The molecule has 28 heteroatoms. The average molecular weight is 1140 g/mol.